The van der Waals surface area contributed by atoms with Crippen molar-refractivity contribution in [3.8, 4) is 11.5 Å². The summed E-state index contributed by atoms with van der Waals surface area (Å²) in [6, 6.07) is 5.02. The normalized spacial score (nSPS) is 9.83. The van der Waals surface area contributed by atoms with Crippen LogP contribution in [0.1, 0.15) is 5.56 Å². The van der Waals surface area contributed by atoms with Crippen LogP contribution in [0.2, 0.25) is 0 Å². The summed E-state index contributed by atoms with van der Waals surface area (Å²) in [6.07, 6.45) is 0. The van der Waals surface area contributed by atoms with Gasteiger partial charge in [-0.2, -0.15) is 0 Å². The maximum absolute atomic E-state index is 9.13. The minimum atomic E-state index is 0.215. The molecule has 0 bridgehead atoms. The lowest BCUT2D eigenvalue weighted by molar-refractivity contribution is 0.324. The second kappa shape index (κ2) is 3.97. The summed E-state index contributed by atoms with van der Waals surface area (Å²) >= 11 is 0. The van der Waals surface area contributed by atoms with Crippen molar-refractivity contribution in [3.63, 3.8) is 0 Å². The second-order valence-corrected chi connectivity index (χ2v) is 2.59. The van der Waals surface area contributed by atoms with E-state index in [1.165, 1.54) is 0 Å². The van der Waals surface area contributed by atoms with Crippen molar-refractivity contribution in [2.45, 2.75) is 6.92 Å². The highest BCUT2D eigenvalue weighted by Crippen LogP contribution is 2.22. The van der Waals surface area contributed by atoms with Gasteiger partial charge >= 0.3 is 0 Å². The van der Waals surface area contributed by atoms with E-state index in [1.807, 2.05) is 6.92 Å². The molecule has 1 rings (SSSR count). The lowest BCUT2D eigenvalue weighted by Crippen LogP contribution is -2.10. The number of aromatic hydroxyl groups is 1. The topological polar surface area (TPSA) is 55.5 Å². The number of ether oxygens (including phenoxy) is 1. The molecule has 12 heavy (non-hydrogen) atoms. The lowest BCUT2D eigenvalue weighted by atomic mass is 10.2. The standard InChI is InChI=1S/C9H13NO2/c1-7-2-3-8(11)6-9(7)12-5-4-10/h2-3,6,11H,4-5,10H2,1H3. The van der Waals surface area contributed by atoms with E-state index in [4.69, 9.17) is 15.6 Å². The molecule has 0 aliphatic rings. The first-order valence-electron chi connectivity index (χ1n) is 3.86. The SMILES string of the molecule is Cc1ccc(O)cc1OCCN. The van der Waals surface area contributed by atoms with Gasteiger partial charge in [-0.15, -0.1) is 0 Å². The van der Waals surface area contributed by atoms with Crippen molar-refractivity contribution in [1.82, 2.24) is 0 Å². The maximum Gasteiger partial charge on any atom is 0.125 e. The van der Waals surface area contributed by atoms with Crippen LogP contribution in [-0.4, -0.2) is 18.3 Å². The van der Waals surface area contributed by atoms with E-state index in [-0.39, 0.29) is 5.75 Å². The molecule has 66 valence electrons. The fraction of sp³-hybridized carbons (Fsp3) is 0.333. The Morgan fingerprint density at radius 3 is 2.92 bits per heavy atom. The number of hydrogen-bond acceptors (Lipinski definition) is 3. The van der Waals surface area contributed by atoms with Crippen molar-refractivity contribution in [2.75, 3.05) is 13.2 Å². The van der Waals surface area contributed by atoms with Gasteiger partial charge in [0.25, 0.3) is 0 Å². The zero-order valence-corrected chi connectivity index (χ0v) is 7.08. The maximum atomic E-state index is 9.13. The average molecular weight is 167 g/mol. The highest BCUT2D eigenvalue weighted by atomic mass is 16.5. The first kappa shape index (κ1) is 8.87. The molecule has 3 nitrogen and oxygen atoms in total. The number of hydrogen-bond donors (Lipinski definition) is 2. The Morgan fingerprint density at radius 2 is 2.25 bits per heavy atom. The Bertz CT molecular complexity index is 261. The summed E-state index contributed by atoms with van der Waals surface area (Å²) in [6.45, 7) is 2.88. The predicted molar refractivity (Wildman–Crippen MR) is 47.4 cm³/mol. The molecule has 0 unspecified atom stereocenters. The van der Waals surface area contributed by atoms with E-state index < -0.39 is 0 Å². The van der Waals surface area contributed by atoms with Gasteiger partial charge in [0.15, 0.2) is 0 Å². The van der Waals surface area contributed by atoms with Crippen molar-refractivity contribution in [3.05, 3.63) is 23.8 Å². The monoisotopic (exact) mass is 167 g/mol. The van der Waals surface area contributed by atoms with Gasteiger partial charge in [-0.3, -0.25) is 0 Å². The average Bonchev–Trinajstić information content (AvgIpc) is 2.07. The fourth-order valence-corrected chi connectivity index (χ4v) is 0.913. The Labute approximate surface area is 71.8 Å². The molecular formula is C9H13NO2. The van der Waals surface area contributed by atoms with Crippen LogP contribution in [0.5, 0.6) is 11.5 Å². The first-order valence-corrected chi connectivity index (χ1v) is 3.86. The van der Waals surface area contributed by atoms with Crippen LogP contribution in [-0.2, 0) is 0 Å². The van der Waals surface area contributed by atoms with Crippen LogP contribution in [0.15, 0.2) is 18.2 Å². The van der Waals surface area contributed by atoms with Gasteiger partial charge in [0.05, 0.1) is 0 Å². The summed E-state index contributed by atoms with van der Waals surface area (Å²) in [5, 5.41) is 9.13. The van der Waals surface area contributed by atoms with E-state index in [0.717, 1.165) is 5.56 Å². The smallest absolute Gasteiger partial charge is 0.125 e. The minimum absolute atomic E-state index is 0.215. The summed E-state index contributed by atoms with van der Waals surface area (Å²) in [7, 11) is 0. The van der Waals surface area contributed by atoms with Crippen LogP contribution >= 0.6 is 0 Å². The van der Waals surface area contributed by atoms with Crippen molar-refractivity contribution in [1.29, 1.82) is 0 Å². The summed E-state index contributed by atoms with van der Waals surface area (Å²) in [5.74, 6) is 0.910. The molecule has 0 aliphatic heterocycles. The van der Waals surface area contributed by atoms with Crippen molar-refractivity contribution < 1.29 is 9.84 Å². The molecule has 0 fully saturated rings. The van der Waals surface area contributed by atoms with E-state index in [0.29, 0.717) is 18.9 Å². The highest BCUT2D eigenvalue weighted by molar-refractivity contribution is 5.38. The first-order chi connectivity index (χ1) is 5.74. The van der Waals surface area contributed by atoms with Crippen LogP contribution in [0.25, 0.3) is 0 Å². The van der Waals surface area contributed by atoms with Gasteiger partial charge in [-0.05, 0) is 18.6 Å². The summed E-state index contributed by atoms with van der Waals surface area (Å²) in [4.78, 5) is 0. The third kappa shape index (κ3) is 2.13. The third-order valence-electron chi connectivity index (χ3n) is 1.55. The molecule has 0 amide bonds. The molecule has 0 saturated heterocycles. The number of phenolic OH excluding ortho intramolecular Hbond substituents is 1. The highest BCUT2D eigenvalue weighted by Gasteiger charge is 1.99. The lowest BCUT2D eigenvalue weighted by Gasteiger charge is -2.07. The van der Waals surface area contributed by atoms with E-state index >= 15 is 0 Å². The molecule has 3 heteroatoms. The van der Waals surface area contributed by atoms with Gasteiger partial charge < -0.3 is 15.6 Å². The fourth-order valence-electron chi connectivity index (χ4n) is 0.913. The quantitative estimate of drug-likeness (QED) is 0.707. The Kier molecular flexibility index (Phi) is 2.94. The Hall–Kier alpha value is -1.22. The summed E-state index contributed by atoms with van der Waals surface area (Å²) in [5.41, 5.74) is 6.28. The van der Waals surface area contributed by atoms with Crippen LogP contribution in [0, 0.1) is 6.92 Å². The molecule has 0 aromatic heterocycles. The zero-order chi connectivity index (χ0) is 8.97. The molecule has 1 aromatic carbocycles. The van der Waals surface area contributed by atoms with Crippen molar-refractivity contribution >= 4 is 0 Å². The van der Waals surface area contributed by atoms with Gasteiger partial charge in [0.1, 0.15) is 18.1 Å². The number of phenols is 1. The molecule has 1 aromatic rings. The number of benzene rings is 1. The largest absolute Gasteiger partial charge is 0.508 e. The van der Waals surface area contributed by atoms with Crippen LogP contribution in [0.3, 0.4) is 0 Å². The third-order valence-corrected chi connectivity index (χ3v) is 1.55. The molecule has 0 aliphatic carbocycles. The molecule has 0 spiro atoms. The van der Waals surface area contributed by atoms with E-state index in [1.54, 1.807) is 18.2 Å². The van der Waals surface area contributed by atoms with Gasteiger partial charge in [-0.25, -0.2) is 0 Å². The van der Waals surface area contributed by atoms with E-state index in [2.05, 4.69) is 0 Å². The van der Waals surface area contributed by atoms with E-state index in [9.17, 15) is 0 Å². The predicted octanol–water partition coefficient (Wildman–Crippen LogP) is 1.04. The second-order valence-electron chi connectivity index (χ2n) is 2.59. The van der Waals surface area contributed by atoms with Gasteiger partial charge in [-0.1, -0.05) is 6.07 Å². The van der Waals surface area contributed by atoms with Crippen LogP contribution < -0.4 is 10.5 Å². The van der Waals surface area contributed by atoms with Crippen molar-refractivity contribution in [2.24, 2.45) is 5.73 Å². The molecule has 0 saturated carbocycles. The number of rotatable bonds is 3. The Balaban J connectivity index is 2.75. The molecule has 3 N–H and O–H groups in total. The molecule has 0 atom stereocenters. The Morgan fingerprint density at radius 1 is 1.50 bits per heavy atom. The number of aryl methyl sites for hydroxylation is 1. The molecule has 0 radical (unpaired) electrons. The van der Waals surface area contributed by atoms with Gasteiger partial charge in [0, 0.05) is 12.6 Å². The number of nitrogens with two attached hydrogens (primary N) is 1. The summed E-state index contributed by atoms with van der Waals surface area (Å²) < 4.78 is 5.28. The molecular weight excluding hydrogens is 154 g/mol. The molecule has 0 heterocycles. The van der Waals surface area contributed by atoms with Gasteiger partial charge in [0.2, 0.25) is 0 Å². The zero-order valence-electron chi connectivity index (χ0n) is 7.08. The minimum Gasteiger partial charge on any atom is -0.508 e. The van der Waals surface area contributed by atoms with Crippen LogP contribution in [0.4, 0.5) is 0 Å².